The Morgan fingerprint density at radius 1 is 1.04 bits per heavy atom. The quantitative estimate of drug-likeness (QED) is 0.553. The zero-order chi connectivity index (χ0) is 17.8. The summed E-state index contributed by atoms with van der Waals surface area (Å²) < 4.78 is 5.71. The molecule has 0 aliphatic carbocycles. The monoisotopic (exact) mass is 371 g/mol. The van der Waals surface area contributed by atoms with Gasteiger partial charge in [-0.3, -0.25) is 4.79 Å². The first kappa shape index (κ1) is 17.3. The zero-order valence-corrected chi connectivity index (χ0v) is 14.9. The van der Waals surface area contributed by atoms with Gasteiger partial charge in [0.05, 0.1) is 5.02 Å². The molecule has 1 amide bonds. The predicted molar refractivity (Wildman–Crippen MR) is 103 cm³/mol. The maximum absolute atomic E-state index is 12.0. The van der Waals surface area contributed by atoms with Crippen LogP contribution in [0.2, 0.25) is 10.0 Å². The second kappa shape index (κ2) is 7.60. The molecule has 0 aliphatic heterocycles. The van der Waals surface area contributed by atoms with Crippen molar-refractivity contribution in [3.63, 3.8) is 0 Å². The van der Waals surface area contributed by atoms with Crippen molar-refractivity contribution in [3.05, 3.63) is 82.0 Å². The van der Waals surface area contributed by atoms with Gasteiger partial charge in [-0.15, -0.1) is 0 Å². The minimum absolute atomic E-state index is 0.234. The molecule has 1 aromatic heterocycles. The third kappa shape index (κ3) is 4.53. The number of anilines is 1. The molecule has 0 saturated heterocycles. The van der Waals surface area contributed by atoms with E-state index >= 15 is 0 Å². The Kier molecular flexibility index (Phi) is 5.27. The molecular weight excluding hydrogens is 357 g/mol. The molecule has 0 unspecified atom stereocenters. The molecule has 0 aliphatic rings. The molecule has 3 aromatic rings. The van der Waals surface area contributed by atoms with Crippen molar-refractivity contribution in [1.82, 2.24) is 0 Å². The second-order valence-electron chi connectivity index (χ2n) is 5.51. The molecule has 0 atom stereocenters. The number of halogens is 2. The van der Waals surface area contributed by atoms with E-state index in [1.165, 1.54) is 6.08 Å². The van der Waals surface area contributed by atoms with Crippen molar-refractivity contribution >= 4 is 40.9 Å². The number of carbonyl (C=O) groups is 1. The summed E-state index contributed by atoms with van der Waals surface area (Å²) in [4.78, 5) is 12.0. The Morgan fingerprint density at radius 3 is 2.56 bits per heavy atom. The Balaban J connectivity index is 1.70. The number of nitrogens with one attached hydrogen (secondary N) is 1. The number of furan rings is 1. The number of carbonyl (C=O) groups excluding carboxylic acids is 1. The van der Waals surface area contributed by atoms with Gasteiger partial charge in [-0.25, -0.2) is 0 Å². The van der Waals surface area contributed by atoms with Crippen LogP contribution >= 0.6 is 23.2 Å². The Bertz CT molecular complexity index is 927. The molecular formula is C20H15Cl2NO2. The molecule has 1 heterocycles. The van der Waals surface area contributed by atoms with Crippen LogP contribution in [-0.4, -0.2) is 5.91 Å². The van der Waals surface area contributed by atoms with E-state index in [4.69, 9.17) is 27.6 Å². The molecule has 0 spiro atoms. The maximum atomic E-state index is 12.0. The van der Waals surface area contributed by atoms with E-state index in [0.29, 0.717) is 27.1 Å². The van der Waals surface area contributed by atoms with Gasteiger partial charge in [-0.05, 0) is 55.5 Å². The minimum Gasteiger partial charge on any atom is -0.457 e. The summed E-state index contributed by atoms with van der Waals surface area (Å²) >= 11 is 12.2. The van der Waals surface area contributed by atoms with Crippen LogP contribution in [0.15, 0.2) is 65.1 Å². The standard InChI is InChI=1S/C20H15Cl2NO2/c1-13-2-5-15(6-3-13)23-20(24)11-8-16-7-10-19(25-16)17-12-14(21)4-9-18(17)22/h2-12H,1H3,(H,23,24)/b11-8+. The van der Waals surface area contributed by atoms with Crippen LogP contribution in [0.4, 0.5) is 5.69 Å². The molecule has 2 aromatic carbocycles. The van der Waals surface area contributed by atoms with Gasteiger partial charge in [0.1, 0.15) is 11.5 Å². The van der Waals surface area contributed by atoms with E-state index in [-0.39, 0.29) is 5.91 Å². The third-order valence-electron chi connectivity index (χ3n) is 3.54. The first-order valence-electron chi connectivity index (χ1n) is 7.62. The number of amides is 1. The molecule has 3 nitrogen and oxygen atoms in total. The highest BCUT2D eigenvalue weighted by molar-refractivity contribution is 6.35. The van der Waals surface area contributed by atoms with Crippen LogP contribution in [0.25, 0.3) is 17.4 Å². The molecule has 0 radical (unpaired) electrons. The van der Waals surface area contributed by atoms with Crippen molar-refractivity contribution in [2.45, 2.75) is 6.92 Å². The number of rotatable bonds is 4. The zero-order valence-electron chi connectivity index (χ0n) is 13.4. The van der Waals surface area contributed by atoms with Crippen LogP contribution in [0.5, 0.6) is 0 Å². The highest BCUT2D eigenvalue weighted by Crippen LogP contribution is 2.32. The largest absolute Gasteiger partial charge is 0.457 e. The lowest BCUT2D eigenvalue weighted by atomic mass is 10.2. The number of hydrogen-bond acceptors (Lipinski definition) is 2. The van der Waals surface area contributed by atoms with Gasteiger partial charge in [-0.1, -0.05) is 40.9 Å². The lowest BCUT2D eigenvalue weighted by molar-refractivity contribution is -0.111. The third-order valence-corrected chi connectivity index (χ3v) is 4.10. The first-order valence-corrected chi connectivity index (χ1v) is 8.38. The summed E-state index contributed by atoms with van der Waals surface area (Å²) in [5, 5.41) is 3.91. The average molecular weight is 372 g/mol. The number of benzene rings is 2. The van der Waals surface area contributed by atoms with Gasteiger partial charge in [0.2, 0.25) is 5.91 Å². The van der Waals surface area contributed by atoms with Crippen molar-refractivity contribution in [2.75, 3.05) is 5.32 Å². The molecule has 0 bridgehead atoms. The smallest absolute Gasteiger partial charge is 0.248 e. The topological polar surface area (TPSA) is 42.2 Å². The van der Waals surface area contributed by atoms with Crippen LogP contribution in [0, 0.1) is 6.92 Å². The van der Waals surface area contributed by atoms with Crippen molar-refractivity contribution in [2.24, 2.45) is 0 Å². The predicted octanol–water partition coefficient (Wildman–Crippen LogP) is 6.21. The Hall–Kier alpha value is -2.49. The van der Waals surface area contributed by atoms with Crippen LogP contribution in [0.3, 0.4) is 0 Å². The maximum Gasteiger partial charge on any atom is 0.248 e. The molecule has 5 heteroatoms. The van der Waals surface area contributed by atoms with E-state index in [1.54, 1.807) is 36.4 Å². The van der Waals surface area contributed by atoms with Gasteiger partial charge < -0.3 is 9.73 Å². The van der Waals surface area contributed by atoms with E-state index < -0.39 is 0 Å². The fraction of sp³-hybridized carbons (Fsp3) is 0.0500. The van der Waals surface area contributed by atoms with E-state index in [9.17, 15) is 4.79 Å². The number of hydrogen-bond donors (Lipinski definition) is 1. The summed E-state index contributed by atoms with van der Waals surface area (Å²) in [5.74, 6) is 0.902. The fourth-order valence-electron chi connectivity index (χ4n) is 2.25. The first-order chi connectivity index (χ1) is 12.0. The normalized spacial score (nSPS) is 11.0. The molecule has 126 valence electrons. The Morgan fingerprint density at radius 2 is 1.80 bits per heavy atom. The Labute approximate surface area is 155 Å². The summed E-state index contributed by atoms with van der Waals surface area (Å²) in [5.41, 5.74) is 2.58. The van der Waals surface area contributed by atoms with E-state index in [0.717, 1.165) is 11.3 Å². The van der Waals surface area contributed by atoms with E-state index in [2.05, 4.69) is 5.32 Å². The molecule has 0 saturated carbocycles. The van der Waals surface area contributed by atoms with Crippen LogP contribution < -0.4 is 5.32 Å². The van der Waals surface area contributed by atoms with E-state index in [1.807, 2.05) is 31.2 Å². The van der Waals surface area contributed by atoms with Gasteiger partial charge in [0, 0.05) is 22.3 Å². The van der Waals surface area contributed by atoms with Crippen LogP contribution in [-0.2, 0) is 4.79 Å². The fourth-order valence-corrected chi connectivity index (χ4v) is 2.63. The lowest BCUT2D eigenvalue weighted by Crippen LogP contribution is -2.07. The summed E-state index contributed by atoms with van der Waals surface area (Å²) in [6.45, 7) is 1.99. The average Bonchev–Trinajstić information content (AvgIpc) is 3.06. The summed E-state index contributed by atoms with van der Waals surface area (Å²) in [6, 6.07) is 16.3. The second-order valence-corrected chi connectivity index (χ2v) is 6.36. The highest BCUT2D eigenvalue weighted by Gasteiger charge is 2.08. The summed E-state index contributed by atoms with van der Waals surface area (Å²) in [6.07, 6.45) is 3.02. The summed E-state index contributed by atoms with van der Waals surface area (Å²) in [7, 11) is 0. The lowest BCUT2D eigenvalue weighted by Gasteiger charge is -2.02. The molecule has 3 rings (SSSR count). The van der Waals surface area contributed by atoms with Crippen molar-refractivity contribution < 1.29 is 9.21 Å². The van der Waals surface area contributed by atoms with Gasteiger partial charge >= 0.3 is 0 Å². The highest BCUT2D eigenvalue weighted by atomic mass is 35.5. The van der Waals surface area contributed by atoms with Crippen molar-refractivity contribution in [1.29, 1.82) is 0 Å². The van der Waals surface area contributed by atoms with Gasteiger partial charge in [-0.2, -0.15) is 0 Å². The van der Waals surface area contributed by atoms with Crippen LogP contribution in [0.1, 0.15) is 11.3 Å². The SMILES string of the molecule is Cc1ccc(NC(=O)/C=C/c2ccc(-c3cc(Cl)ccc3Cl)o2)cc1. The van der Waals surface area contributed by atoms with Gasteiger partial charge in [0.25, 0.3) is 0 Å². The minimum atomic E-state index is -0.234. The molecule has 1 N–H and O–H groups in total. The molecule has 25 heavy (non-hydrogen) atoms. The number of aryl methyl sites for hydroxylation is 1. The van der Waals surface area contributed by atoms with Gasteiger partial charge in [0.15, 0.2) is 0 Å². The molecule has 0 fully saturated rings. The van der Waals surface area contributed by atoms with Crippen molar-refractivity contribution in [3.8, 4) is 11.3 Å².